The van der Waals surface area contributed by atoms with Crippen molar-refractivity contribution in [3.05, 3.63) is 131 Å². The number of hydrogen-bond acceptors (Lipinski definition) is 28. The normalized spacial score (nSPS) is 22.2. The van der Waals surface area contributed by atoms with Gasteiger partial charge in [0.1, 0.15) is 22.9 Å². The van der Waals surface area contributed by atoms with Gasteiger partial charge in [0.05, 0.1) is 43.4 Å². The number of piperidine rings is 2. The topological polar surface area (TPSA) is 558 Å². The van der Waals surface area contributed by atoms with Gasteiger partial charge >= 0.3 is 29.2 Å². The third-order valence-corrected chi connectivity index (χ3v) is 14.7. The van der Waals surface area contributed by atoms with Gasteiger partial charge in [0.2, 0.25) is 11.7 Å². The maximum absolute atomic E-state index is 14.4. The highest BCUT2D eigenvalue weighted by Gasteiger charge is 2.81. The Morgan fingerprint density at radius 2 is 0.953 bits per heavy atom. The zero-order chi connectivity index (χ0) is 62.3. The van der Waals surface area contributed by atoms with Gasteiger partial charge in [-0.15, -0.1) is 0 Å². The Bertz CT molecular complexity index is 3710. The third kappa shape index (κ3) is 8.70. The van der Waals surface area contributed by atoms with Crippen molar-refractivity contribution in [3.63, 3.8) is 0 Å². The third-order valence-electron chi connectivity index (χ3n) is 14.7. The molecule has 6 heterocycles. The number of benzene rings is 4. The molecule has 0 spiro atoms. The van der Waals surface area contributed by atoms with E-state index in [-0.39, 0.29) is 45.5 Å². The molecular weight excluding hydrogens is 1140 g/mol. The molecule has 0 aliphatic carbocycles. The maximum atomic E-state index is 14.4. The second kappa shape index (κ2) is 19.5. The molecule has 0 radical (unpaired) electrons. The van der Waals surface area contributed by atoms with Crippen LogP contribution < -0.4 is 40.5 Å². The Morgan fingerprint density at radius 1 is 0.529 bits per heavy atom. The van der Waals surface area contributed by atoms with Crippen LogP contribution in [0.5, 0.6) is 11.5 Å². The molecule has 6 aromatic rings. The Balaban J connectivity index is 0.869. The quantitative estimate of drug-likeness (QED) is 0.0478. The second-order valence-corrected chi connectivity index (χ2v) is 20.0. The number of ether oxygens (including phenoxy) is 3. The zero-order valence-electron chi connectivity index (χ0n) is 43.4. The molecule has 35 nitrogen and oxygen atoms in total. The first-order chi connectivity index (χ1) is 39.4. The van der Waals surface area contributed by atoms with Gasteiger partial charge in [-0.2, -0.15) is 10.2 Å². The van der Waals surface area contributed by atoms with E-state index in [2.05, 4.69) is 10.2 Å². The molecule has 450 valence electrons. The molecule has 21 N–H and O–H groups in total. The van der Waals surface area contributed by atoms with Crippen LogP contribution in [-0.4, -0.2) is 202 Å². The molecule has 0 bridgehead atoms. The second-order valence-electron chi connectivity index (χ2n) is 20.0. The lowest BCUT2D eigenvalue weighted by Crippen LogP contribution is -2.88. The SMILES string of the molecule is COc1ccc(-n2nc(CN)c3c2C(=O)N(c2ccc(N4C(=O)CC(O)(O)C(O)(OCOc5ccc(-n6nc(C(N)=O)c7c6C(=O)N(c6ccc(N8C(=O)C(O)(O)C(O)(O)C(O)(O)C8(O)O)cc6)C(O)(O)C7)cc5)C4(O)O)cc2)C(O)(O)C3)cc1. The first-order valence-electron chi connectivity index (χ1n) is 24.6. The number of rotatable bonds is 13. The standard InChI is InChI=1S/C50H50N10O25/c1-83-29-14-10-27(11-15-29)59-36-31(33(21-51)53-59)18-43(68,69)56(39(36)63)24-4-2-23(3-5-24)55-34(61)20-42(66,67)48(78,50(55,81)82)85-22-84-30-16-12-28(13-17-30)60-37-32(35(54-60)38(52)62)19-44(70,71)57(40(37)64)25-6-8-26(9-7-25)58-41(65)45(72,73)46(74,75)47(76,77)49(58,79)80/h2-17,66-82H,18-22,51H2,1H3,(H2,52,62). The van der Waals surface area contributed by atoms with Crippen LogP contribution in [0.1, 0.15) is 54.7 Å². The van der Waals surface area contributed by atoms with E-state index in [1.54, 1.807) is 24.3 Å². The molecule has 4 aromatic carbocycles. The molecule has 1 atom stereocenters. The number of hydrogen-bond donors (Lipinski definition) is 19. The van der Waals surface area contributed by atoms with E-state index in [1.165, 1.54) is 23.9 Å². The molecule has 35 heteroatoms. The van der Waals surface area contributed by atoms with Gasteiger partial charge in [-0.05, 0) is 97.1 Å². The van der Waals surface area contributed by atoms with Gasteiger partial charge in [-0.1, -0.05) is 0 Å². The molecule has 5 amide bonds. The predicted molar refractivity (Wildman–Crippen MR) is 272 cm³/mol. The lowest BCUT2D eigenvalue weighted by Gasteiger charge is -2.55. The molecule has 4 aliphatic heterocycles. The summed E-state index contributed by atoms with van der Waals surface area (Å²) in [5.41, 5.74) is 8.32. The molecule has 4 aliphatic rings. The van der Waals surface area contributed by atoms with E-state index in [0.717, 1.165) is 53.2 Å². The largest absolute Gasteiger partial charge is 0.497 e. The van der Waals surface area contributed by atoms with E-state index in [0.29, 0.717) is 33.4 Å². The van der Waals surface area contributed by atoms with Gasteiger partial charge in [0.25, 0.3) is 41.2 Å². The number of nitrogens with zero attached hydrogens (tertiary/aromatic N) is 8. The van der Waals surface area contributed by atoms with Crippen molar-refractivity contribution < 1.29 is 125 Å². The summed E-state index contributed by atoms with van der Waals surface area (Å²) in [6.45, 7) is -1.46. The fourth-order valence-corrected chi connectivity index (χ4v) is 10.3. The van der Waals surface area contributed by atoms with Crippen LogP contribution in [0.4, 0.5) is 22.7 Å². The van der Waals surface area contributed by atoms with E-state index in [9.17, 15) is 111 Å². The molecule has 0 saturated carbocycles. The fraction of sp³-hybridized carbons (Fsp3) is 0.300. The lowest BCUT2D eigenvalue weighted by molar-refractivity contribution is -0.505. The first kappa shape index (κ1) is 59.6. The summed E-state index contributed by atoms with van der Waals surface area (Å²) in [7, 11) is 1.45. The summed E-state index contributed by atoms with van der Waals surface area (Å²) in [5.74, 6) is -43.4. The van der Waals surface area contributed by atoms with Gasteiger partial charge in [-0.25, -0.2) is 9.36 Å². The predicted octanol–water partition coefficient (Wildman–Crippen LogP) is -7.87. The number of aliphatic hydroxyl groups is 17. The number of anilines is 4. The van der Waals surface area contributed by atoms with Gasteiger partial charge in [0, 0.05) is 40.4 Å². The van der Waals surface area contributed by atoms with Crippen molar-refractivity contribution in [2.45, 2.75) is 78.4 Å². The van der Waals surface area contributed by atoms with Crippen LogP contribution in [0.2, 0.25) is 0 Å². The number of aromatic nitrogens is 4. The van der Waals surface area contributed by atoms with Crippen LogP contribution in [0, 0.1) is 0 Å². The molecule has 10 rings (SSSR count). The van der Waals surface area contributed by atoms with Crippen LogP contribution in [0.25, 0.3) is 11.4 Å². The highest BCUT2D eigenvalue weighted by atomic mass is 16.8. The van der Waals surface area contributed by atoms with Crippen molar-refractivity contribution in [1.29, 1.82) is 0 Å². The van der Waals surface area contributed by atoms with Gasteiger partial charge in [0.15, 0.2) is 12.5 Å². The zero-order valence-corrected chi connectivity index (χ0v) is 43.4. The summed E-state index contributed by atoms with van der Waals surface area (Å²) in [4.78, 5) is 68.2. The summed E-state index contributed by atoms with van der Waals surface area (Å²) in [6.07, 6.45) is -3.04. The average molecular weight is 1190 g/mol. The lowest BCUT2D eigenvalue weighted by atomic mass is 9.86. The van der Waals surface area contributed by atoms with Crippen LogP contribution in [-0.2, 0) is 33.7 Å². The smallest absolute Gasteiger partial charge is 0.316 e. The number of primary amides is 1. The summed E-state index contributed by atoms with van der Waals surface area (Å²) >= 11 is 0. The Morgan fingerprint density at radius 3 is 1.42 bits per heavy atom. The summed E-state index contributed by atoms with van der Waals surface area (Å²) < 4.78 is 18.0. The Kier molecular flexibility index (Phi) is 13.7. The van der Waals surface area contributed by atoms with Crippen molar-refractivity contribution >= 4 is 52.3 Å². The molecule has 2 fully saturated rings. The molecule has 2 saturated heterocycles. The van der Waals surface area contributed by atoms with Crippen molar-refractivity contribution in [1.82, 2.24) is 19.6 Å². The number of fused-ring (bicyclic) bond motifs is 2. The number of carbonyl (C=O) groups is 5. The minimum atomic E-state index is -4.72. The summed E-state index contributed by atoms with van der Waals surface area (Å²) in [5, 5.41) is 192. The van der Waals surface area contributed by atoms with E-state index in [1.807, 2.05) is 0 Å². The van der Waals surface area contributed by atoms with Crippen LogP contribution >= 0.6 is 0 Å². The van der Waals surface area contributed by atoms with E-state index >= 15 is 0 Å². The molecular formula is C50H50N10O25. The van der Waals surface area contributed by atoms with E-state index < -0.39 is 147 Å². The van der Waals surface area contributed by atoms with Crippen molar-refractivity contribution in [2.75, 3.05) is 33.5 Å². The minimum absolute atomic E-state index is 0.0902. The fourth-order valence-electron chi connectivity index (χ4n) is 10.3. The minimum Gasteiger partial charge on any atom is -0.497 e. The van der Waals surface area contributed by atoms with Gasteiger partial charge in [-0.3, -0.25) is 43.6 Å². The average Bonchev–Trinajstić information content (AvgIpc) is 1.46. The van der Waals surface area contributed by atoms with Crippen LogP contribution in [0.15, 0.2) is 97.1 Å². The molecule has 2 aromatic heterocycles. The van der Waals surface area contributed by atoms with Crippen molar-refractivity contribution in [3.8, 4) is 22.9 Å². The number of carbonyl (C=O) groups excluding carboxylic acids is 5. The Labute approximate surface area is 473 Å². The first-order valence-corrected chi connectivity index (χ1v) is 24.6. The summed E-state index contributed by atoms with van der Waals surface area (Å²) in [6, 6.07) is 18.0. The molecule has 85 heavy (non-hydrogen) atoms. The maximum Gasteiger partial charge on any atom is 0.316 e. The Hall–Kier alpha value is -8.51. The number of amides is 5. The van der Waals surface area contributed by atoms with Gasteiger partial charge < -0.3 is 112 Å². The van der Waals surface area contributed by atoms with Crippen LogP contribution in [0.3, 0.4) is 0 Å². The van der Waals surface area contributed by atoms with E-state index in [4.69, 9.17) is 25.7 Å². The number of methoxy groups -OCH3 is 1. The monoisotopic (exact) mass is 1190 g/mol. The highest BCUT2D eigenvalue weighted by molar-refractivity contribution is 6.11. The highest BCUT2D eigenvalue weighted by Crippen LogP contribution is 2.47. The molecule has 1 unspecified atom stereocenters. The number of nitrogens with two attached hydrogens (primary N) is 2. The van der Waals surface area contributed by atoms with Crippen molar-refractivity contribution in [2.24, 2.45) is 11.5 Å².